The molecule has 0 heterocycles. The Morgan fingerprint density at radius 3 is 2.52 bits per heavy atom. The molecule has 0 aliphatic carbocycles. The lowest BCUT2D eigenvalue weighted by Crippen LogP contribution is -2.08. The monoisotopic (exact) mass is 305 g/mol. The lowest BCUT2D eigenvalue weighted by atomic mass is 9.85. The predicted octanol–water partition coefficient (Wildman–Crippen LogP) is 5.50. The molecule has 1 unspecified atom stereocenters. The quantitative estimate of drug-likeness (QED) is 0.469. The molecule has 0 spiro atoms. The smallest absolute Gasteiger partial charge is 0.133 e. The van der Waals surface area contributed by atoms with Gasteiger partial charge >= 0.3 is 0 Å². The molecule has 1 aromatic carbocycles. The molecular weight excluding hydrogens is 278 g/mol. The summed E-state index contributed by atoms with van der Waals surface area (Å²) in [7, 11) is 0. The summed E-state index contributed by atoms with van der Waals surface area (Å²) in [4.78, 5) is 0. The normalized spacial score (nSPS) is 12.0. The zero-order chi connectivity index (χ0) is 15.8. The van der Waals surface area contributed by atoms with Gasteiger partial charge in [0, 0.05) is 5.75 Å². The molecule has 21 heavy (non-hydrogen) atoms. The van der Waals surface area contributed by atoms with Crippen LogP contribution in [-0.4, -0.2) is 12.4 Å². The summed E-state index contributed by atoms with van der Waals surface area (Å²) in [6.45, 7) is 11.7. The van der Waals surface area contributed by atoms with Gasteiger partial charge in [0.2, 0.25) is 0 Å². The second-order valence-corrected chi connectivity index (χ2v) is 6.42. The molecule has 3 heteroatoms. The van der Waals surface area contributed by atoms with Crippen molar-refractivity contribution < 1.29 is 4.74 Å². The second kappa shape index (κ2) is 9.00. The average molecular weight is 305 g/mol. The highest BCUT2D eigenvalue weighted by molar-refractivity contribution is 8.03. The molecule has 116 valence electrons. The van der Waals surface area contributed by atoms with E-state index in [2.05, 4.69) is 46.1 Å². The van der Waals surface area contributed by atoms with Crippen LogP contribution < -0.4 is 4.74 Å². The first-order chi connectivity index (χ1) is 10.1. The summed E-state index contributed by atoms with van der Waals surface area (Å²) >= 11 is 1.36. The molecule has 2 nitrogen and oxygen atoms in total. The van der Waals surface area contributed by atoms with Gasteiger partial charge in [-0.05, 0) is 86.0 Å². The fraction of sp³-hybridized carbons (Fsp3) is 0.611. The van der Waals surface area contributed by atoms with E-state index in [4.69, 9.17) is 10.00 Å². The van der Waals surface area contributed by atoms with E-state index >= 15 is 0 Å². The van der Waals surface area contributed by atoms with E-state index in [1.54, 1.807) is 0 Å². The van der Waals surface area contributed by atoms with Crippen molar-refractivity contribution in [3.8, 4) is 11.2 Å². The van der Waals surface area contributed by atoms with Crippen LogP contribution in [0, 0.1) is 31.4 Å². The Kier molecular flexibility index (Phi) is 7.67. The van der Waals surface area contributed by atoms with E-state index in [-0.39, 0.29) is 0 Å². The highest BCUT2D eigenvalue weighted by atomic mass is 32.2. The first kappa shape index (κ1) is 17.9. The minimum Gasteiger partial charge on any atom is -0.493 e. The highest BCUT2D eigenvalue weighted by Crippen LogP contribution is 2.35. The maximum atomic E-state index is 8.69. The molecule has 0 N–H and O–H groups in total. The molecule has 0 aliphatic heterocycles. The van der Waals surface area contributed by atoms with E-state index in [1.807, 2.05) is 0 Å². The van der Waals surface area contributed by atoms with Crippen molar-refractivity contribution in [1.82, 2.24) is 0 Å². The second-order valence-electron chi connectivity index (χ2n) is 5.54. The number of rotatable bonds is 8. The van der Waals surface area contributed by atoms with Crippen LogP contribution in [0.1, 0.15) is 61.3 Å². The van der Waals surface area contributed by atoms with Crippen LogP contribution in [0.4, 0.5) is 0 Å². The van der Waals surface area contributed by atoms with Crippen molar-refractivity contribution in [1.29, 1.82) is 5.26 Å². The van der Waals surface area contributed by atoms with Crippen molar-refractivity contribution in [2.45, 2.75) is 59.8 Å². The fourth-order valence-corrected chi connectivity index (χ4v) is 3.35. The maximum absolute atomic E-state index is 8.69. The molecule has 0 fully saturated rings. The summed E-state index contributed by atoms with van der Waals surface area (Å²) in [5.41, 5.74) is 5.39. The average Bonchev–Trinajstić information content (AvgIpc) is 2.48. The number of hydrogen-bond donors (Lipinski definition) is 0. The standard InChI is InChI=1S/C18H27NOS/c1-6-9-20-17-11-13(3)18(15(5)14(17)4)16(7-2)8-10-21-12-19/h11,16H,6-10H2,1-5H3. The minimum atomic E-state index is 0.532. The van der Waals surface area contributed by atoms with Gasteiger partial charge in [-0.25, -0.2) is 0 Å². The Morgan fingerprint density at radius 2 is 1.95 bits per heavy atom. The molecule has 1 aromatic rings. The van der Waals surface area contributed by atoms with Crippen LogP contribution in [0.25, 0.3) is 0 Å². The van der Waals surface area contributed by atoms with Gasteiger partial charge in [0.25, 0.3) is 0 Å². The number of thioether (sulfide) groups is 1. The van der Waals surface area contributed by atoms with E-state index in [0.29, 0.717) is 5.92 Å². The van der Waals surface area contributed by atoms with Crippen molar-refractivity contribution in [2.24, 2.45) is 0 Å². The number of nitrogens with zero attached hydrogens (tertiary/aromatic N) is 1. The summed E-state index contributed by atoms with van der Waals surface area (Å²) in [5.74, 6) is 2.46. The van der Waals surface area contributed by atoms with E-state index in [9.17, 15) is 0 Å². The molecule has 0 bridgehead atoms. The van der Waals surface area contributed by atoms with Gasteiger partial charge in [0.15, 0.2) is 0 Å². The van der Waals surface area contributed by atoms with E-state index in [0.717, 1.165) is 37.4 Å². The van der Waals surface area contributed by atoms with Gasteiger partial charge in [0.05, 0.1) is 6.61 Å². The maximum Gasteiger partial charge on any atom is 0.133 e. The van der Waals surface area contributed by atoms with Crippen LogP contribution in [-0.2, 0) is 0 Å². The molecule has 0 radical (unpaired) electrons. The summed E-state index contributed by atoms with van der Waals surface area (Å²) < 4.78 is 5.87. The van der Waals surface area contributed by atoms with E-state index < -0.39 is 0 Å². The number of ether oxygens (including phenoxy) is 1. The van der Waals surface area contributed by atoms with Crippen LogP contribution in [0.15, 0.2) is 6.07 Å². The number of benzene rings is 1. The molecular formula is C18H27NOS. The molecule has 1 rings (SSSR count). The molecule has 0 aromatic heterocycles. The predicted molar refractivity (Wildman–Crippen MR) is 92.2 cm³/mol. The van der Waals surface area contributed by atoms with Gasteiger partial charge in [-0.3, -0.25) is 0 Å². The van der Waals surface area contributed by atoms with Gasteiger partial charge in [-0.2, -0.15) is 5.26 Å². The first-order valence-corrected chi connectivity index (χ1v) is 8.79. The van der Waals surface area contributed by atoms with Crippen LogP contribution in [0.2, 0.25) is 0 Å². The van der Waals surface area contributed by atoms with Crippen LogP contribution in [0.5, 0.6) is 5.75 Å². The number of thiocyanates is 1. The topological polar surface area (TPSA) is 33.0 Å². The summed E-state index contributed by atoms with van der Waals surface area (Å²) in [6.07, 6.45) is 3.20. The third kappa shape index (κ3) is 4.68. The Morgan fingerprint density at radius 1 is 1.24 bits per heavy atom. The molecule has 0 aliphatic rings. The summed E-state index contributed by atoms with van der Waals surface area (Å²) in [6, 6.07) is 2.19. The molecule has 0 amide bonds. The fourth-order valence-electron chi connectivity index (χ4n) is 2.85. The Balaban J connectivity index is 3.06. The molecule has 0 saturated carbocycles. The Bertz CT molecular complexity index is 505. The first-order valence-electron chi connectivity index (χ1n) is 7.81. The third-order valence-electron chi connectivity index (χ3n) is 4.10. The van der Waals surface area contributed by atoms with Crippen LogP contribution in [0.3, 0.4) is 0 Å². The van der Waals surface area contributed by atoms with E-state index in [1.165, 1.54) is 34.0 Å². The number of nitriles is 1. The van der Waals surface area contributed by atoms with Crippen molar-refractivity contribution in [2.75, 3.05) is 12.4 Å². The zero-order valence-electron chi connectivity index (χ0n) is 14.0. The highest BCUT2D eigenvalue weighted by Gasteiger charge is 2.18. The third-order valence-corrected chi connectivity index (χ3v) is 4.67. The van der Waals surface area contributed by atoms with Crippen molar-refractivity contribution in [3.63, 3.8) is 0 Å². The van der Waals surface area contributed by atoms with Crippen molar-refractivity contribution >= 4 is 11.8 Å². The van der Waals surface area contributed by atoms with Gasteiger partial charge < -0.3 is 4.74 Å². The zero-order valence-corrected chi connectivity index (χ0v) is 14.8. The van der Waals surface area contributed by atoms with Gasteiger partial charge in [-0.1, -0.05) is 13.8 Å². The minimum absolute atomic E-state index is 0.532. The lowest BCUT2D eigenvalue weighted by Gasteiger charge is -2.23. The van der Waals surface area contributed by atoms with Crippen LogP contribution >= 0.6 is 11.8 Å². The Labute approximate surface area is 133 Å². The van der Waals surface area contributed by atoms with Gasteiger partial charge in [0.1, 0.15) is 11.2 Å². The summed E-state index contributed by atoms with van der Waals surface area (Å²) in [5, 5.41) is 10.9. The van der Waals surface area contributed by atoms with Crippen molar-refractivity contribution in [3.05, 3.63) is 28.3 Å². The SMILES string of the molecule is CCCOc1cc(C)c(C(CC)CCSC#N)c(C)c1C. The number of aryl methyl sites for hydroxylation is 1. The lowest BCUT2D eigenvalue weighted by molar-refractivity contribution is 0.314. The molecule has 1 atom stereocenters. The number of hydrogen-bond acceptors (Lipinski definition) is 3. The largest absolute Gasteiger partial charge is 0.493 e. The molecule has 0 saturated heterocycles. The van der Waals surface area contributed by atoms with Gasteiger partial charge in [-0.15, -0.1) is 0 Å². The Hall–Kier alpha value is -1.14.